The van der Waals surface area contributed by atoms with Gasteiger partial charge < -0.3 is 15.0 Å². The molecule has 0 saturated heterocycles. The van der Waals surface area contributed by atoms with E-state index in [1.54, 1.807) is 6.07 Å². The monoisotopic (exact) mass is 292 g/mol. The maximum absolute atomic E-state index is 12.4. The van der Waals surface area contributed by atoms with Crippen molar-refractivity contribution in [3.63, 3.8) is 0 Å². The van der Waals surface area contributed by atoms with Gasteiger partial charge in [0.2, 0.25) is 0 Å². The van der Waals surface area contributed by atoms with E-state index in [0.717, 1.165) is 11.1 Å². The van der Waals surface area contributed by atoms with Gasteiger partial charge in [-0.2, -0.15) is 0 Å². The van der Waals surface area contributed by atoms with E-state index < -0.39 is 6.23 Å². The summed E-state index contributed by atoms with van der Waals surface area (Å²) in [5.41, 5.74) is 3.56. The van der Waals surface area contributed by atoms with Crippen molar-refractivity contribution in [2.24, 2.45) is 0 Å². The summed E-state index contributed by atoms with van der Waals surface area (Å²) in [5, 5.41) is 11.5. The zero-order valence-electron chi connectivity index (χ0n) is 12.0. The molecular weight excluding hydrogens is 276 g/mol. The van der Waals surface area contributed by atoms with E-state index in [1.165, 1.54) is 10.3 Å². The maximum Gasteiger partial charge on any atom is 0.256 e. The fourth-order valence-corrected chi connectivity index (χ4v) is 3.15. The van der Waals surface area contributed by atoms with Gasteiger partial charge >= 0.3 is 0 Å². The minimum Gasteiger partial charge on any atom is -0.369 e. The largest absolute Gasteiger partial charge is 0.369 e. The van der Waals surface area contributed by atoms with Gasteiger partial charge in [0.1, 0.15) is 0 Å². The van der Waals surface area contributed by atoms with E-state index in [0.29, 0.717) is 24.1 Å². The molecule has 3 aromatic rings. The minimum atomic E-state index is -0.839. The summed E-state index contributed by atoms with van der Waals surface area (Å²) in [5.74, 6) is -0.0945. The van der Waals surface area contributed by atoms with Crippen LogP contribution in [-0.2, 0) is 6.42 Å². The Morgan fingerprint density at radius 2 is 1.86 bits per heavy atom. The number of aliphatic hydroxyl groups is 1. The molecule has 0 radical (unpaired) electrons. The molecule has 4 nitrogen and oxygen atoms in total. The number of nitrogens with one attached hydrogen (secondary N) is 1. The first-order valence-corrected chi connectivity index (χ1v) is 7.38. The van der Waals surface area contributed by atoms with Gasteiger partial charge in [0, 0.05) is 34.8 Å². The predicted molar refractivity (Wildman–Crippen MR) is 84.4 cm³/mol. The molecule has 4 heteroatoms. The van der Waals surface area contributed by atoms with Crippen molar-refractivity contribution in [3.8, 4) is 0 Å². The summed E-state index contributed by atoms with van der Waals surface area (Å²) in [7, 11) is 0. The van der Waals surface area contributed by atoms with Crippen LogP contribution in [0.5, 0.6) is 0 Å². The van der Waals surface area contributed by atoms with E-state index in [9.17, 15) is 9.90 Å². The van der Waals surface area contributed by atoms with E-state index in [1.807, 2.05) is 42.6 Å². The fraction of sp³-hybridized carbons (Fsp3) is 0.167. The van der Waals surface area contributed by atoms with E-state index in [4.69, 9.17) is 0 Å². The molecule has 4 rings (SSSR count). The molecule has 0 fully saturated rings. The van der Waals surface area contributed by atoms with Gasteiger partial charge in [0.15, 0.2) is 6.23 Å². The minimum absolute atomic E-state index is 0.0945. The number of aromatic amines is 1. The first-order chi connectivity index (χ1) is 10.8. The molecule has 1 atom stereocenters. The van der Waals surface area contributed by atoms with Crippen LogP contribution in [0, 0.1) is 0 Å². The number of para-hydroxylation sites is 1. The first-order valence-electron chi connectivity index (χ1n) is 7.38. The molecule has 0 bridgehead atoms. The highest BCUT2D eigenvalue weighted by Crippen LogP contribution is 2.31. The van der Waals surface area contributed by atoms with Crippen LogP contribution in [0.15, 0.2) is 54.7 Å². The van der Waals surface area contributed by atoms with Crippen molar-refractivity contribution in [1.29, 1.82) is 0 Å². The number of nitrogens with zero attached hydrogens (tertiary/aromatic N) is 1. The molecule has 1 aromatic heterocycles. The molecule has 2 heterocycles. The Labute approximate surface area is 128 Å². The number of carbonyl (C=O) groups excluding carboxylic acids is 1. The highest BCUT2D eigenvalue weighted by molar-refractivity contribution is 5.98. The molecule has 0 spiro atoms. The second-order valence-corrected chi connectivity index (χ2v) is 5.57. The van der Waals surface area contributed by atoms with Crippen LogP contribution < -0.4 is 0 Å². The highest BCUT2D eigenvalue weighted by atomic mass is 16.3. The fourth-order valence-electron chi connectivity index (χ4n) is 3.15. The van der Waals surface area contributed by atoms with Crippen molar-refractivity contribution in [2.45, 2.75) is 12.6 Å². The van der Waals surface area contributed by atoms with Gasteiger partial charge in [-0.05, 0) is 24.1 Å². The number of carbonyl (C=O) groups is 1. The number of aliphatic hydroxyl groups excluding tert-OH is 1. The summed E-state index contributed by atoms with van der Waals surface area (Å²) in [6.45, 7) is 0.497. The Balaban J connectivity index is 1.57. The van der Waals surface area contributed by atoms with Gasteiger partial charge in [-0.25, -0.2) is 0 Å². The number of aromatic nitrogens is 1. The highest BCUT2D eigenvalue weighted by Gasteiger charge is 2.34. The van der Waals surface area contributed by atoms with Crippen molar-refractivity contribution < 1.29 is 9.90 Å². The number of H-pyrrole nitrogens is 1. The number of hydrogen-bond donors (Lipinski definition) is 2. The first kappa shape index (κ1) is 13.1. The average Bonchev–Trinajstić information content (AvgIpc) is 3.07. The smallest absolute Gasteiger partial charge is 0.256 e. The average molecular weight is 292 g/mol. The Morgan fingerprint density at radius 1 is 1.09 bits per heavy atom. The molecule has 22 heavy (non-hydrogen) atoms. The number of hydrogen-bond acceptors (Lipinski definition) is 2. The lowest BCUT2D eigenvalue weighted by atomic mass is 10.1. The number of amides is 1. The molecule has 2 aromatic carbocycles. The van der Waals surface area contributed by atoms with Crippen LogP contribution in [0.25, 0.3) is 10.9 Å². The quantitative estimate of drug-likeness (QED) is 0.780. The lowest BCUT2D eigenvalue weighted by Gasteiger charge is -2.20. The molecule has 0 aliphatic carbocycles. The molecule has 1 amide bonds. The van der Waals surface area contributed by atoms with Crippen LogP contribution in [0.1, 0.15) is 27.7 Å². The summed E-state index contributed by atoms with van der Waals surface area (Å²) in [6, 6.07) is 15.3. The third-order valence-electron chi connectivity index (χ3n) is 4.32. The van der Waals surface area contributed by atoms with Gasteiger partial charge in [-0.3, -0.25) is 4.79 Å². The van der Waals surface area contributed by atoms with Crippen LogP contribution in [-0.4, -0.2) is 27.4 Å². The standard InChI is InChI=1S/C18H16N2O2/c21-17-14-6-1-2-7-15(14)18(22)20(17)10-9-12-11-19-16-8-4-3-5-13(12)16/h1-8,11,17,19,21H,9-10H2/t17-/m1/s1. The Kier molecular flexibility index (Phi) is 2.98. The van der Waals surface area contributed by atoms with E-state index in [-0.39, 0.29) is 5.91 Å². The third kappa shape index (κ3) is 1.92. The molecule has 0 unspecified atom stereocenters. The molecule has 1 aliphatic rings. The topological polar surface area (TPSA) is 56.3 Å². The van der Waals surface area contributed by atoms with Gasteiger partial charge in [-0.15, -0.1) is 0 Å². The van der Waals surface area contributed by atoms with Crippen molar-refractivity contribution in [1.82, 2.24) is 9.88 Å². The maximum atomic E-state index is 12.4. The molecule has 0 saturated carbocycles. The second-order valence-electron chi connectivity index (χ2n) is 5.57. The van der Waals surface area contributed by atoms with Crippen LogP contribution in [0.4, 0.5) is 0 Å². The van der Waals surface area contributed by atoms with Crippen molar-refractivity contribution in [3.05, 3.63) is 71.4 Å². The number of rotatable bonds is 3. The normalized spacial score (nSPS) is 17.2. The number of fused-ring (bicyclic) bond motifs is 2. The molecular formula is C18H16N2O2. The van der Waals surface area contributed by atoms with Crippen molar-refractivity contribution >= 4 is 16.8 Å². The summed E-state index contributed by atoms with van der Waals surface area (Å²) < 4.78 is 0. The molecule has 110 valence electrons. The summed E-state index contributed by atoms with van der Waals surface area (Å²) >= 11 is 0. The Hall–Kier alpha value is -2.59. The molecule has 1 aliphatic heterocycles. The summed E-state index contributed by atoms with van der Waals surface area (Å²) in [4.78, 5) is 17.2. The van der Waals surface area contributed by atoms with Crippen molar-refractivity contribution in [2.75, 3.05) is 6.54 Å². The van der Waals surface area contributed by atoms with Crippen LogP contribution in [0.2, 0.25) is 0 Å². The SMILES string of the molecule is O=C1c2ccccc2[C@@H](O)N1CCc1c[nH]c2ccccc12. The van der Waals surface area contributed by atoms with E-state index in [2.05, 4.69) is 11.1 Å². The van der Waals surface area contributed by atoms with E-state index >= 15 is 0 Å². The van der Waals surface area contributed by atoms with Crippen LogP contribution >= 0.6 is 0 Å². The lowest BCUT2D eigenvalue weighted by Crippen LogP contribution is -2.30. The number of benzene rings is 2. The third-order valence-corrected chi connectivity index (χ3v) is 4.32. The zero-order valence-corrected chi connectivity index (χ0v) is 12.0. The second kappa shape index (κ2) is 5.00. The Morgan fingerprint density at radius 3 is 2.73 bits per heavy atom. The molecule has 2 N–H and O–H groups in total. The lowest BCUT2D eigenvalue weighted by molar-refractivity contribution is 0.0183. The summed E-state index contributed by atoms with van der Waals surface area (Å²) in [6.07, 6.45) is 1.85. The predicted octanol–water partition coefficient (Wildman–Crippen LogP) is 2.86. The van der Waals surface area contributed by atoms with Gasteiger partial charge in [-0.1, -0.05) is 36.4 Å². The zero-order chi connectivity index (χ0) is 15.1. The van der Waals surface area contributed by atoms with Crippen LogP contribution in [0.3, 0.4) is 0 Å². The van der Waals surface area contributed by atoms with Gasteiger partial charge in [0.25, 0.3) is 5.91 Å². The Bertz CT molecular complexity index is 853. The van der Waals surface area contributed by atoms with Gasteiger partial charge in [0.05, 0.1) is 0 Å².